The van der Waals surface area contributed by atoms with Crippen LogP contribution in [0.2, 0.25) is 0 Å². The summed E-state index contributed by atoms with van der Waals surface area (Å²) in [5.74, 6) is 0.440. The molecule has 1 aromatic heterocycles. The number of nitrogens with one attached hydrogen (secondary N) is 1. The molecule has 0 bridgehead atoms. The van der Waals surface area contributed by atoms with Crippen LogP contribution in [0.4, 0.5) is 0 Å². The van der Waals surface area contributed by atoms with Gasteiger partial charge in [0.05, 0.1) is 12.7 Å². The Morgan fingerprint density at radius 2 is 1.96 bits per heavy atom. The Balaban J connectivity index is 1.44. The van der Waals surface area contributed by atoms with Gasteiger partial charge in [-0.05, 0) is 31.2 Å². The van der Waals surface area contributed by atoms with E-state index in [0.29, 0.717) is 19.5 Å². The first-order valence-electron chi connectivity index (χ1n) is 10.4. The van der Waals surface area contributed by atoms with Crippen molar-refractivity contribution < 1.29 is 9.59 Å². The fourth-order valence-corrected chi connectivity index (χ4v) is 4.36. The van der Waals surface area contributed by atoms with E-state index in [0.717, 1.165) is 55.5 Å². The summed E-state index contributed by atoms with van der Waals surface area (Å²) in [5.41, 5.74) is 3.36. The second-order valence-corrected chi connectivity index (χ2v) is 7.87. The third kappa shape index (κ3) is 4.11. The van der Waals surface area contributed by atoms with Crippen LogP contribution >= 0.6 is 0 Å². The van der Waals surface area contributed by atoms with E-state index in [9.17, 15) is 9.59 Å². The molecule has 1 aromatic carbocycles. The molecule has 2 aromatic rings. The normalized spacial score (nSPS) is 20.9. The van der Waals surface area contributed by atoms with Crippen LogP contribution in [0.3, 0.4) is 0 Å². The van der Waals surface area contributed by atoms with E-state index in [-0.39, 0.29) is 24.3 Å². The lowest BCUT2D eigenvalue weighted by atomic mass is 9.90. The minimum Gasteiger partial charge on any atom is -0.340 e. The molecule has 1 N–H and O–H groups in total. The van der Waals surface area contributed by atoms with Crippen LogP contribution in [-0.4, -0.2) is 58.0 Å². The number of piperidine rings is 1. The van der Waals surface area contributed by atoms with Gasteiger partial charge in [0.15, 0.2) is 0 Å². The number of benzene rings is 1. The van der Waals surface area contributed by atoms with Gasteiger partial charge in [-0.1, -0.05) is 36.8 Å². The molecular formula is C22H28N4O2. The lowest BCUT2D eigenvalue weighted by molar-refractivity contribution is -0.140. The molecule has 0 saturated carbocycles. The third-order valence-electron chi connectivity index (χ3n) is 5.93. The second-order valence-electron chi connectivity index (χ2n) is 7.87. The number of hydrogen-bond donors (Lipinski definition) is 1. The SMILES string of the molecule is O=C1CCCCCN1CC(=O)N1CCC[C@@H](c2[nH]ncc2-c2ccccc2)C1. The Hall–Kier alpha value is -2.63. The number of carbonyl (C=O) groups excluding carboxylic acids is 2. The van der Waals surface area contributed by atoms with E-state index < -0.39 is 0 Å². The van der Waals surface area contributed by atoms with Gasteiger partial charge in [0.1, 0.15) is 0 Å². The smallest absolute Gasteiger partial charge is 0.242 e. The Labute approximate surface area is 165 Å². The van der Waals surface area contributed by atoms with Crippen molar-refractivity contribution >= 4 is 11.8 Å². The summed E-state index contributed by atoms with van der Waals surface area (Å²) >= 11 is 0. The highest BCUT2D eigenvalue weighted by Gasteiger charge is 2.29. The van der Waals surface area contributed by atoms with Gasteiger partial charge in [-0.15, -0.1) is 0 Å². The molecule has 0 radical (unpaired) electrons. The van der Waals surface area contributed by atoms with Gasteiger partial charge in [0.25, 0.3) is 0 Å². The Morgan fingerprint density at radius 3 is 2.82 bits per heavy atom. The molecule has 0 spiro atoms. The summed E-state index contributed by atoms with van der Waals surface area (Å²) in [4.78, 5) is 28.8. The van der Waals surface area contributed by atoms with Gasteiger partial charge in [0, 0.05) is 43.2 Å². The molecule has 2 fully saturated rings. The van der Waals surface area contributed by atoms with E-state index in [2.05, 4.69) is 22.3 Å². The summed E-state index contributed by atoms with van der Waals surface area (Å²) < 4.78 is 0. The Kier molecular flexibility index (Phi) is 5.74. The highest BCUT2D eigenvalue weighted by Crippen LogP contribution is 2.33. The molecule has 1 atom stereocenters. The zero-order valence-electron chi connectivity index (χ0n) is 16.3. The number of nitrogens with zero attached hydrogens (tertiary/aromatic N) is 3. The summed E-state index contributed by atoms with van der Waals surface area (Å²) in [6.45, 7) is 2.38. The van der Waals surface area contributed by atoms with Crippen LogP contribution < -0.4 is 0 Å². The van der Waals surface area contributed by atoms with Crippen molar-refractivity contribution in [3.05, 3.63) is 42.2 Å². The van der Waals surface area contributed by atoms with Crippen LogP contribution in [0.25, 0.3) is 11.1 Å². The number of likely N-dealkylation sites (tertiary alicyclic amines) is 2. The molecule has 2 aliphatic heterocycles. The van der Waals surface area contributed by atoms with Crippen molar-refractivity contribution in [3.63, 3.8) is 0 Å². The largest absolute Gasteiger partial charge is 0.340 e. The number of amides is 2. The van der Waals surface area contributed by atoms with E-state index in [1.165, 1.54) is 0 Å². The topological polar surface area (TPSA) is 69.3 Å². The molecule has 28 heavy (non-hydrogen) atoms. The maximum Gasteiger partial charge on any atom is 0.242 e. The minimum atomic E-state index is 0.0701. The highest BCUT2D eigenvalue weighted by molar-refractivity contribution is 5.85. The van der Waals surface area contributed by atoms with Gasteiger partial charge in [-0.2, -0.15) is 5.10 Å². The third-order valence-corrected chi connectivity index (χ3v) is 5.93. The fourth-order valence-electron chi connectivity index (χ4n) is 4.36. The average Bonchev–Trinajstić information content (AvgIpc) is 3.14. The molecule has 2 amide bonds. The van der Waals surface area contributed by atoms with Crippen molar-refractivity contribution in [1.29, 1.82) is 0 Å². The number of hydrogen-bond acceptors (Lipinski definition) is 3. The Morgan fingerprint density at radius 1 is 1.11 bits per heavy atom. The fraction of sp³-hybridized carbons (Fsp3) is 0.500. The predicted molar refractivity (Wildman–Crippen MR) is 108 cm³/mol. The molecule has 0 aliphatic carbocycles. The molecular weight excluding hydrogens is 352 g/mol. The van der Waals surface area contributed by atoms with Gasteiger partial charge < -0.3 is 9.80 Å². The van der Waals surface area contributed by atoms with Crippen molar-refractivity contribution in [2.24, 2.45) is 0 Å². The van der Waals surface area contributed by atoms with E-state index >= 15 is 0 Å². The van der Waals surface area contributed by atoms with E-state index in [1.54, 1.807) is 4.90 Å². The maximum atomic E-state index is 12.9. The van der Waals surface area contributed by atoms with Crippen LogP contribution in [0.1, 0.15) is 50.1 Å². The number of H-pyrrole nitrogens is 1. The zero-order valence-corrected chi connectivity index (χ0v) is 16.3. The molecule has 4 rings (SSSR count). The first-order chi connectivity index (χ1) is 13.7. The minimum absolute atomic E-state index is 0.0701. The van der Waals surface area contributed by atoms with Crippen molar-refractivity contribution in [1.82, 2.24) is 20.0 Å². The number of aromatic amines is 1. The maximum absolute atomic E-state index is 12.9. The van der Waals surface area contributed by atoms with E-state index in [1.807, 2.05) is 29.3 Å². The van der Waals surface area contributed by atoms with Gasteiger partial charge in [0.2, 0.25) is 11.8 Å². The summed E-state index contributed by atoms with van der Waals surface area (Å²) in [5, 5.41) is 7.45. The predicted octanol–water partition coefficient (Wildman–Crippen LogP) is 3.19. The molecule has 6 nitrogen and oxygen atoms in total. The standard InChI is InChI=1S/C22H28N4O2/c27-20-11-5-2-6-12-26(20)16-21(28)25-13-7-10-18(15-25)22-19(14-23-24-22)17-8-3-1-4-9-17/h1,3-4,8-9,14,18H,2,5-7,10-13,15-16H2,(H,23,24)/t18-/m1/s1. The monoisotopic (exact) mass is 380 g/mol. The van der Waals surface area contributed by atoms with Gasteiger partial charge >= 0.3 is 0 Å². The van der Waals surface area contributed by atoms with Crippen LogP contribution in [0, 0.1) is 0 Å². The first kappa shape index (κ1) is 18.7. The molecule has 2 saturated heterocycles. The number of aromatic nitrogens is 2. The number of rotatable bonds is 4. The lowest BCUT2D eigenvalue weighted by Gasteiger charge is -2.34. The van der Waals surface area contributed by atoms with Crippen molar-refractivity contribution in [2.45, 2.75) is 44.4 Å². The molecule has 3 heterocycles. The first-order valence-corrected chi connectivity index (χ1v) is 10.4. The zero-order chi connectivity index (χ0) is 19.3. The summed E-state index contributed by atoms with van der Waals surface area (Å²) in [7, 11) is 0. The lowest BCUT2D eigenvalue weighted by Crippen LogP contribution is -2.46. The number of carbonyl (C=O) groups is 2. The molecule has 0 unspecified atom stereocenters. The van der Waals surface area contributed by atoms with Crippen LogP contribution in [0.5, 0.6) is 0 Å². The van der Waals surface area contributed by atoms with Gasteiger partial charge in [-0.3, -0.25) is 14.7 Å². The second kappa shape index (κ2) is 8.59. The van der Waals surface area contributed by atoms with E-state index in [4.69, 9.17) is 0 Å². The average molecular weight is 380 g/mol. The molecule has 148 valence electrons. The van der Waals surface area contributed by atoms with Gasteiger partial charge in [-0.25, -0.2) is 0 Å². The van der Waals surface area contributed by atoms with Crippen LogP contribution in [-0.2, 0) is 9.59 Å². The summed E-state index contributed by atoms with van der Waals surface area (Å²) in [6, 6.07) is 10.2. The highest BCUT2D eigenvalue weighted by atomic mass is 16.2. The van der Waals surface area contributed by atoms with Crippen molar-refractivity contribution in [2.75, 3.05) is 26.2 Å². The van der Waals surface area contributed by atoms with Crippen molar-refractivity contribution in [3.8, 4) is 11.1 Å². The molecule has 6 heteroatoms. The molecule has 2 aliphatic rings. The summed E-state index contributed by atoms with van der Waals surface area (Å²) in [6.07, 6.45) is 7.47. The van der Waals surface area contributed by atoms with Crippen LogP contribution in [0.15, 0.2) is 36.5 Å². The Bertz CT molecular complexity index is 817. The quantitative estimate of drug-likeness (QED) is 0.886.